The first-order chi connectivity index (χ1) is 8.13. The zero-order valence-electron chi connectivity index (χ0n) is 9.63. The van der Waals surface area contributed by atoms with E-state index in [1.165, 1.54) is 12.1 Å². The van der Waals surface area contributed by atoms with Crippen LogP contribution in [0.1, 0.15) is 5.56 Å². The van der Waals surface area contributed by atoms with E-state index in [4.69, 9.17) is 16.3 Å². The van der Waals surface area contributed by atoms with E-state index in [2.05, 4.69) is 0 Å². The van der Waals surface area contributed by atoms with Crippen LogP contribution in [0.5, 0.6) is 5.75 Å². The zero-order chi connectivity index (χ0) is 12.4. The van der Waals surface area contributed by atoms with Gasteiger partial charge in [0.2, 0.25) is 0 Å². The quantitative estimate of drug-likeness (QED) is 0.765. The van der Waals surface area contributed by atoms with Crippen molar-refractivity contribution < 1.29 is 9.13 Å². The summed E-state index contributed by atoms with van der Waals surface area (Å²) < 4.78 is 18.8. The third kappa shape index (κ3) is 2.27. The molecular weight excluding hydrogens is 239 g/mol. The largest absolute Gasteiger partial charge is 0.496 e. The van der Waals surface area contributed by atoms with E-state index < -0.39 is 0 Å². The first-order valence-electron chi connectivity index (χ1n) is 5.22. The number of benzene rings is 2. The minimum Gasteiger partial charge on any atom is -0.496 e. The van der Waals surface area contributed by atoms with Crippen molar-refractivity contribution in [2.24, 2.45) is 0 Å². The highest BCUT2D eigenvalue weighted by molar-refractivity contribution is 6.33. The minimum absolute atomic E-state index is 0.293. The molecule has 0 aliphatic rings. The number of hydrogen-bond donors (Lipinski definition) is 0. The van der Waals surface area contributed by atoms with Gasteiger partial charge in [0.15, 0.2) is 0 Å². The van der Waals surface area contributed by atoms with Gasteiger partial charge in [0.25, 0.3) is 0 Å². The van der Waals surface area contributed by atoms with Gasteiger partial charge in [-0.25, -0.2) is 4.39 Å². The van der Waals surface area contributed by atoms with Crippen LogP contribution in [0, 0.1) is 12.7 Å². The Bertz CT molecular complexity index is 552. The van der Waals surface area contributed by atoms with Gasteiger partial charge in [0, 0.05) is 16.1 Å². The third-order valence-corrected chi connectivity index (χ3v) is 2.94. The van der Waals surface area contributed by atoms with Crippen molar-refractivity contribution >= 4 is 11.6 Å². The van der Waals surface area contributed by atoms with Gasteiger partial charge < -0.3 is 4.74 Å². The average molecular weight is 251 g/mol. The van der Waals surface area contributed by atoms with Crippen LogP contribution in [0.2, 0.25) is 5.02 Å². The lowest BCUT2D eigenvalue weighted by Gasteiger charge is -2.12. The molecule has 0 saturated carbocycles. The number of hydrogen-bond acceptors (Lipinski definition) is 1. The molecule has 88 valence electrons. The number of rotatable bonds is 2. The summed E-state index contributed by atoms with van der Waals surface area (Å²) in [5.41, 5.74) is 2.20. The topological polar surface area (TPSA) is 9.23 Å². The summed E-state index contributed by atoms with van der Waals surface area (Å²) in [5.74, 6) is 0.359. The first-order valence-corrected chi connectivity index (χ1v) is 5.60. The highest BCUT2D eigenvalue weighted by Crippen LogP contribution is 2.37. The van der Waals surface area contributed by atoms with Crippen LogP contribution < -0.4 is 4.74 Å². The van der Waals surface area contributed by atoms with Crippen LogP contribution in [0.25, 0.3) is 11.1 Å². The van der Waals surface area contributed by atoms with Gasteiger partial charge in [-0.05, 0) is 30.7 Å². The molecule has 3 heteroatoms. The van der Waals surface area contributed by atoms with Crippen LogP contribution in [0.15, 0.2) is 36.4 Å². The second-order valence-corrected chi connectivity index (χ2v) is 4.19. The molecule has 0 bridgehead atoms. The summed E-state index contributed by atoms with van der Waals surface area (Å²) in [6, 6.07) is 10.2. The lowest BCUT2D eigenvalue weighted by molar-refractivity contribution is 0.412. The molecule has 0 aliphatic carbocycles. The van der Waals surface area contributed by atoms with Gasteiger partial charge in [-0.3, -0.25) is 0 Å². The molecule has 2 aromatic rings. The summed E-state index contributed by atoms with van der Waals surface area (Å²) in [5, 5.41) is 0.579. The second kappa shape index (κ2) is 4.76. The standard InChI is InChI=1S/C14H12ClFO/c1-9-7-10(16)8-12(14(9)17-2)11-5-3-4-6-13(11)15/h3-8H,1-2H3. The van der Waals surface area contributed by atoms with E-state index in [1.54, 1.807) is 13.2 Å². The summed E-state index contributed by atoms with van der Waals surface area (Å²) in [4.78, 5) is 0. The van der Waals surface area contributed by atoms with Crippen molar-refractivity contribution in [2.45, 2.75) is 6.92 Å². The molecule has 0 aliphatic heterocycles. The predicted octanol–water partition coefficient (Wildman–Crippen LogP) is 4.46. The lowest BCUT2D eigenvalue weighted by Crippen LogP contribution is -1.93. The maximum absolute atomic E-state index is 13.5. The summed E-state index contributed by atoms with van der Waals surface area (Å²) in [6.07, 6.45) is 0. The molecule has 0 radical (unpaired) electrons. The van der Waals surface area contributed by atoms with Gasteiger partial charge in [0.05, 0.1) is 7.11 Å². The molecule has 0 N–H and O–H groups in total. The molecule has 0 spiro atoms. The Labute approximate surface area is 105 Å². The van der Waals surface area contributed by atoms with Crippen molar-refractivity contribution in [1.82, 2.24) is 0 Å². The SMILES string of the molecule is COc1c(C)cc(F)cc1-c1ccccc1Cl. The fourth-order valence-electron chi connectivity index (χ4n) is 1.88. The number of ether oxygens (including phenoxy) is 1. The Morgan fingerprint density at radius 1 is 1.12 bits per heavy atom. The van der Waals surface area contributed by atoms with Crippen LogP contribution in [-0.2, 0) is 0 Å². The number of aryl methyl sites for hydroxylation is 1. The van der Waals surface area contributed by atoms with Gasteiger partial charge in [-0.2, -0.15) is 0 Å². The maximum atomic E-state index is 13.5. The second-order valence-electron chi connectivity index (χ2n) is 3.78. The summed E-state index contributed by atoms with van der Waals surface area (Å²) in [6.45, 7) is 1.81. The Kier molecular flexibility index (Phi) is 3.34. The molecule has 0 amide bonds. The average Bonchev–Trinajstić information content (AvgIpc) is 2.28. The molecule has 2 aromatic carbocycles. The van der Waals surface area contributed by atoms with E-state index in [9.17, 15) is 4.39 Å². The van der Waals surface area contributed by atoms with Crippen molar-refractivity contribution in [2.75, 3.05) is 7.11 Å². The fraction of sp³-hybridized carbons (Fsp3) is 0.143. The third-order valence-electron chi connectivity index (χ3n) is 2.61. The molecule has 0 atom stereocenters. The highest BCUT2D eigenvalue weighted by atomic mass is 35.5. The molecule has 0 heterocycles. The molecule has 1 nitrogen and oxygen atoms in total. The highest BCUT2D eigenvalue weighted by Gasteiger charge is 2.13. The van der Waals surface area contributed by atoms with Gasteiger partial charge in [-0.1, -0.05) is 29.8 Å². The molecular formula is C14H12ClFO. The van der Waals surface area contributed by atoms with E-state index in [0.29, 0.717) is 16.3 Å². The van der Waals surface area contributed by atoms with E-state index in [-0.39, 0.29) is 5.82 Å². The molecule has 17 heavy (non-hydrogen) atoms. The van der Waals surface area contributed by atoms with Crippen LogP contribution in [-0.4, -0.2) is 7.11 Å². The van der Waals surface area contributed by atoms with Crippen LogP contribution in [0.4, 0.5) is 4.39 Å². The lowest BCUT2D eigenvalue weighted by atomic mass is 10.0. The summed E-state index contributed by atoms with van der Waals surface area (Å²) >= 11 is 6.11. The summed E-state index contributed by atoms with van der Waals surface area (Å²) in [7, 11) is 1.57. The first kappa shape index (κ1) is 11.9. The monoisotopic (exact) mass is 250 g/mol. The van der Waals surface area contributed by atoms with Gasteiger partial charge in [-0.15, -0.1) is 0 Å². The van der Waals surface area contributed by atoms with Crippen LogP contribution >= 0.6 is 11.6 Å². The Balaban J connectivity index is 2.70. The number of halogens is 2. The smallest absolute Gasteiger partial charge is 0.129 e. The van der Waals surface area contributed by atoms with E-state index in [0.717, 1.165) is 11.1 Å². The minimum atomic E-state index is -0.293. The molecule has 0 aromatic heterocycles. The Morgan fingerprint density at radius 2 is 1.82 bits per heavy atom. The molecule has 0 saturated heterocycles. The maximum Gasteiger partial charge on any atom is 0.129 e. The molecule has 2 rings (SSSR count). The van der Waals surface area contributed by atoms with Crippen molar-refractivity contribution in [1.29, 1.82) is 0 Å². The molecule has 0 fully saturated rings. The predicted molar refractivity (Wildman–Crippen MR) is 68.1 cm³/mol. The van der Waals surface area contributed by atoms with Gasteiger partial charge >= 0.3 is 0 Å². The Morgan fingerprint density at radius 3 is 2.47 bits per heavy atom. The van der Waals surface area contributed by atoms with Crippen molar-refractivity contribution in [3.05, 3.63) is 52.8 Å². The van der Waals surface area contributed by atoms with E-state index >= 15 is 0 Å². The van der Waals surface area contributed by atoms with Crippen molar-refractivity contribution in [3.8, 4) is 16.9 Å². The number of methoxy groups -OCH3 is 1. The van der Waals surface area contributed by atoms with Crippen molar-refractivity contribution in [3.63, 3.8) is 0 Å². The zero-order valence-corrected chi connectivity index (χ0v) is 10.4. The molecule has 0 unspecified atom stereocenters. The van der Waals surface area contributed by atoms with Crippen LogP contribution in [0.3, 0.4) is 0 Å². The fourth-order valence-corrected chi connectivity index (χ4v) is 2.12. The normalized spacial score (nSPS) is 10.4. The Hall–Kier alpha value is -1.54. The van der Waals surface area contributed by atoms with Gasteiger partial charge in [0.1, 0.15) is 11.6 Å². The van der Waals surface area contributed by atoms with E-state index in [1.807, 2.05) is 25.1 Å².